The highest BCUT2D eigenvalue weighted by Gasteiger charge is 2.21. The van der Waals surface area contributed by atoms with Crippen LogP contribution in [-0.4, -0.2) is 35.5 Å². The maximum atomic E-state index is 14.1. The van der Waals surface area contributed by atoms with Gasteiger partial charge in [0, 0.05) is 43.7 Å². The minimum absolute atomic E-state index is 0.299. The molecule has 0 atom stereocenters. The van der Waals surface area contributed by atoms with Gasteiger partial charge in [0.1, 0.15) is 11.6 Å². The predicted molar refractivity (Wildman–Crippen MR) is 98.2 cm³/mol. The van der Waals surface area contributed by atoms with Gasteiger partial charge in [-0.15, -0.1) is 0 Å². The molecule has 1 aromatic heterocycles. The zero-order valence-corrected chi connectivity index (χ0v) is 14.5. The van der Waals surface area contributed by atoms with Crippen LogP contribution in [0.2, 0.25) is 0 Å². The molecule has 1 saturated heterocycles. The number of anilines is 1. The monoisotopic (exact) mass is 352 g/mol. The normalized spacial score (nSPS) is 15.4. The Labute approximate surface area is 149 Å². The van der Waals surface area contributed by atoms with Crippen molar-refractivity contribution >= 4 is 27.4 Å². The lowest BCUT2D eigenvalue weighted by Gasteiger charge is -2.35. The Bertz CT molecular complexity index is 938. The molecule has 0 radical (unpaired) electrons. The molecule has 6 heteroatoms. The van der Waals surface area contributed by atoms with Gasteiger partial charge < -0.3 is 4.90 Å². The van der Waals surface area contributed by atoms with Gasteiger partial charge in [0.25, 0.3) is 0 Å². The Hall–Kier alpha value is -2.49. The van der Waals surface area contributed by atoms with E-state index in [2.05, 4.69) is 26.3 Å². The molecule has 2 heterocycles. The second-order valence-electron chi connectivity index (χ2n) is 6.18. The van der Waals surface area contributed by atoms with Crippen LogP contribution in [0.5, 0.6) is 0 Å². The topological polar surface area (TPSA) is 43.2 Å². The summed E-state index contributed by atoms with van der Waals surface area (Å²) in [4.78, 5) is 4.56. The van der Waals surface area contributed by atoms with Crippen LogP contribution in [0.3, 0.4) is 0 Å². The maximum Gasteiger partial charge on any atom is 0.150 e. The minimum atomic E-state index is -0.299. The molecule has 0 unspecified atom stereocenters. The summed E-state index contributed by atoms with van der Waals surface area (Å²) in [5.41, 5.74) is 1.01. The molecule has 3 aromatic rings. The van der Waals surface area contributed by atoms with Crippen LogP contribution in [-0.2, 0) is 6.54 Å². The van der Waals surface area contributed by atoms with E-state index in [0.717, 1.165) is 32.0 Å². The van der Waals surface area contributed by atoms with Crippen molar-refractivity contribution in [2.75, 3.05) is 31.1 Å². The van der Waals surface area contributed by atoms with Crippen molar-refractivity contribution in [2.45, 2.75) is 6.54 Å². The van der Waals surface area contributed by atoms with E-state index < -0.39 is 0 Å². The van der Waals surface area contributed by atoms with E-state index in [4.69, 9.17) is 5.26 Å². The Morgan fingerprint density at radius 1 is 1.12 bits per heavy atom. The third-order valence-electron chi connectivity index (χ3n) is 4.61. The number of benzene rings is 2. The van der Waals surface area contributed by atoms with Crippen LogP contribution >= 0.6 is 11.5 Å². The zero-order chi connectivity index (χ0) is 17.2. The molecule has 0 N–H and O–H groups in total. The number of rotatable bonds is 3. The standard InChI is InChI=1S/C19H17FN4S/c20-17-11-14(12-21)5-6-15(17)13-23-7-9-24(10-8-23)19-16-3-1-2-4-18(16)25-22-19/h1-6,11H,7-10,13H2. The highest BCUT2D eigenvalue weighted by Crippen LogP contribution is 2.30. The average molecular weight is 352 g/mol. The minimum Gasteiger partial charge on any atom is -0.353 e. The second-order valence-corrected chi connectivity index (χ2v) is 6.99. The molecular formula is C19H17FN4S. The number of nitrogens with zero attached hydrogens (tertiary/aromatic N) is 4. The van der Waals surface area contributed by atoms with Crippen LogP contribution in [0, 0.1) is 17.1 Å². The van der Waals surface area contributed by atoms with E-state index in [1.165, 1.54) is 27.7 Å². The molecule has 0 amide bonds. The Kier molecular flexibility index (Phi) is 4.35. The fourth-order valence-electron chi connectivity index (χ4n) is 3.20. The van der Waals surface area contributed by atoms with E-state index in [0.29, 0.717) is 17.7 Å². The maximum absolute atomic E-state index is 14.1. The molecule has 4 nitrogen and oxygen atoms in total. The lowest BCUT2D eigenvalue weighted by Crippen LogP contribution is -2.46. The summed E-state index contributed by atoms with van der Waals surface area (Å²) in [7, 11) is 0. The molecule has 1 fully saturated rings. The van der Waals surface area contributed by atoms with Crippen molar-refractivity contribution in [3.63, 3.8) is 0 Å². The number of hydrogen-bond acceptors (Lipinski definition) is 5. The van der Waals surface area contributed by atoms with Gasteiger partial charge in [-0.05, 0) is 35.8 Å². The number of fused-ring (bicyclic) bond motifs is 1. The molecule has 0 bridgehead atoms. The zero-order valence-electron chi connectivity index (χ0n) is 13.7. The number of piperazine rings is 1. The third kappa shape index (κ3) is 3.21. The number of aromatic nitrogens is 1. The summed E-state index contributed by atoms with van der Waals surface area (Å²) in [6.45, 7) is 4.07. The molecule has 2 aromatic carbocycles. The molecule has 1 aliphatic heterocycles. The molecular weight excluding hydrogens is 335 g/mol. The van der Waals surface area contributed by atoms with Crippen LogP contribution < -0.4 is 4.90 Å². The van der Waals surface area contributed by atoms with Crippen molar-refractivity contribution in [1.29, 1.82) is 5.26 Å². The molecule has 0 saturated carbocycles. The first-order valence-corrected chi connectivity index (χ1v) is 9.02. The quantitative estimate of drug-likeness (QED) is 0.722. The SMILES string of the molecule is N#Cc1ccc(CN2CCN(c3nsc4ccccc34)CC2)c(F)c1. The molecule has 4 rings (SSSR count). The number of hydrogen-bond donors (Lipinski definition) is 0. The van der Waals surface area contributed by atoms with Crippen LogP contribution in [0.4, 0.5) is 10.2 Å². The predicted octanol–water partition coefficient (Wildman–Crippen LogP) is 3.63. The lowest BCUT2D eigenvalue weighted by atomic mass is 10.1. The fourth-order valence-corrected chi connectivity index (χ4v) is 4.00. The first-order chi connectivity index (χ1) is 12.2. The summed E-state index contributed by atoms with van der Waals surface area (Å²) in [6, 6.07) is 15.0. The Morgan fingerprint density at radius 3 is 2.68 bits per heavy atom. The van der Waals surface area contributed by atoms with Crippen molar-refractivity contribution in [3.05, 3.63) is 59.4 Å². The van der Waals surface area contributed by atoms with E-state index in [9.17, 15) is 4.39 Å². The van der Waals surface area contributed by atoms with Gasteiger partial charge in [-0.1, -0.05) is 18.2 Å². The summed E-state index contributed by atoms with van der Waals surface area (Å²) >= 11 is 1.54. The fraction of sp³-hybridized carbons (Fsp3) is 0.263. The van der Waals surface area contributed by atoms with Crippen LogP contribution in [0.1, 0.15) is 11.1 Å². The summed E-state index contributed by atoms with van der Waals surface area (Å²) < 4.78 is 19.9. The van der Waals surface area contributed by atoms with E-state index >= 15 is 0 Å². The van der Waals surface area contributed by atoms with Gasteiger partial charge in [0.05, 0.1) is 16.3 Å². The van der Waals surface area contributed by atoms with Gasteiger partial charge in [-0.2, -0.15) is 9.64 Å². The van der Waals surface area contributed by atoms with Gasteiger partial charge in [-0.3, -0.25) is 4.90 Å². The molecule has 0 spiro atoms. The first kappa shape index (κ1) is 16.0. The molecule has 1 aliphatic rings. The molecule has 25 heavy (non-hydrogen) atoms. The number of halogens is 1. The van der Waals surface area contributed by atoms with Gasteiger partial charge in [0.2, 0.25) is 0 Å². The van der Waals surface area contributed by atoms with Gasteiger partial charge in [0.15, 0.2) is 0 Å². The summed E-state index contributed by atoms with van der Waals surface area (Å²) in [5, 5.41) is 10.0. The van der Waals surface area contributed by atoms with Gasteiger partial charge >= 0.3 is 0 Å². The Morgan fingerprint density at radius 2 is 1.92 bits per heavy atom. The largest absolute Gasteiger partial charge is 0.353 e. The van der Waals surface area contributed by atoms with Crippen LogP contribution in [0.15, 0.2) is 42.5 Å². The van der Waals surface area contributed by atoms with Crippen molar-refractivity contribution in [3.8, 4) is 6.07 Å². The lowest BCUT2D eigenvalue weighted by molar-refractivity contribution is 0.246. The van der Waals surface area contributed by atoms with Crippen molar-refractivity contribution in [2.24, 2.45) is 0 Å². The van der Waals surface area contributed by atoms with Crippen LogP contribution in [0.25, 0.3) is 10.1 Å². The smallest absolute Gasteiger partial charge is 0.150 e. The highest BCUT2D eigenvalue weighted by molar-refractivity contribution is 7.13. The summed E-state index contributed by atoms with van der Waals surface area (Å²) in [6.07, 6.45) is 0. The van der Waals surface area contributed by atoms with E-state index in [1.54, 1.807) is 12.1 Å². The first-order valence-electron chi connectivity index (χ1n) is 8.25. The number of nitriles is 1. The molecule has 126 valence electrons. The van der Waals surface area contributed by atoms with E-state index in [-0.39, 0.29) is 5.82 Å². The Balaban J connectivity index is 1.43. The van der Waals surface area contributed by atoms with Gasteiger partial charge in [-0.25, -0.2) is 4.39 Å². The van der Waals surface area contributed by atoms with E-state index in [1.807, 2.05) is 18.2 Å². The van der Waals surface area contributed by atoms with Crippen molar-refractivity contribution < 1.29 is 4.39 Å². The molecule has 0 aliphatic carbocycles. The van der Waals surface area contributed by atoms with Crippen molar-refractivity contribution in [1.82, 2.24) is 9.27 Å². The average Bonchev–Trinajstić information content (AvgIpc) is 3.08. The third-order valence-corrected chi connectivity index (χ3v) is 5.42. The summed E-state index contributed by atoms with van der Waals surface area (Å²) in [5.74, 6) is 0.761. The highest BCUT2D eigenvalue weighted by atomic mass is 32.1. The second kappa shape index (κ2) is 6.79.